The number of hydrogen-bond acceptors (Lipinski definition) is 4. The van der Waals surface area contributed by atoms with Crippen LogP contribution in [0.5, 0.6) is 0 Å². The second-order valence-electron chi connectivity index (χ2n) is 8.54. The summed E-state index contributed by atoms with van der Waals surface area (Å²) in [4.78, 5) is 26.4. The Bertz CT molecular complexity index is 1000. The molecule has 6 heteroatoms. The molecule has 3 aromatic rings. The summed E-state index contributed by atoms with van der Waals surface area (Å²) in [5.74, 6) is 0.299. The largest absolute Gasteiger partial charge is 0.336 e. The zero-order chi connectivity index (χ0) is 20.4. The van der Waals surface area contributed by atoms with Crippen LogP contribution in [0.4, 0.5) is 0 Å². The molecule has 0 N–H and O–H groups in total. The van der Waals surface area contributed by atoms with Crippen molar-refractivity contribution in [2.75, 3.05) is 19.6 Å². The molecule has 2 fully saturated rings. The zero-order valence-electron chi connectivity index (χ0n) is 17.2. The van der Waals surface area contributed by atoms with Crippen LogP contribution in [0.15, 0.2) is 67.3 Å². The molecule has 5 rings (SSSR count). The Morgan fingerprint density at radius 3 is 2.60 bits per heavy atom. The first-order valence-corrected chi connectivity index (χ1v) is 10.7. The van der Waals surface area contributed by atoms with E-state index < -0.39 is 0 Å². The van der Waals surface area contributed by atoms with Gasteiger partial charge in [0.15, 0.2) is 0 Å². The fraction of sp³-hybridized carbons (Fsp3) is 0.375. The Labute approximate surface area is 177 Å². The average molecular weight is 402 g/mol. The van der Waals surface area contributed by atoms with E-state index in [1.165, 1.54) is 11.3 Å². The number of aromatic nitrogens is 3. The number of benzene rings is 1. The van der Waals surface area contributed by atoms with Gasteiger partial charge in [0, 0.05) is 38.6 Å². The number of amides is 1. The molecule has 0 radical (unpaired) electrons. The van der Waals surface area contributed by atoms with E-state index in [1.807, 2.05) is 41.7 Å². The summed E-state index contributed by atoms with van der Waals surface area (Å²) >= 11 is 0. The van der Waals surface area contributed by atoms with Gasteiger partial charge in [0.1, 0.15) is 0 Å². The highest BCUT2D eigenvalue weighted by Gasteiger charge is 2.50. The van der Waals surface area contributed by atoms with Crippen LogP contribution in [0.25, 0.3) is 0 Å². The normalized spacial score (nSPS) is 21.7. The van der Waals surface area contributed by atoms with Crippen LogP contribution in [-0.2, 0) is 24.4 Å². The molecule has 154 valence electrons. The van der Waals surface area contributed by atoms with E-state index in [2.05, 4.69) is 43.7 Å². The van der Waals surface area contributed by atoms with Crippen molar-refractivity contribution in [1.82, 2.24) is 24.3 Å². The first-order valence-electron chi connectivity index (χ1n) is 10.7. The van der Waals surface area contributed by atoms with Crippen molar-refractivity contribution in [3.8, 4) is 0 Å². The van der Waals surface area contributed by atoms with E-state index in [0.717, 1.165) is 51.3 Å². The van der Waals surface area contributed by atoms with Crippen LogP contribution >= 0.6 is 0 Å². The lowest BCUT2D eigenvalue weighted by atomic mass is 9.85. The number of imidazole rings is 1. The molecular formula is C24H27N5O. The predicted molar refractivity (Wildman–Crippen MR) is 114 cm³/mol. The van der Waals surface area contributed by atoms with Crippen LogP contribution in [0.1, 0.15) is 29.8 Å². The van der Waals surface area contributed by atoms with Crippen molar-refractivity contribution >= 4 is 5.91 Å². The van der Waals surface area contributed by atoms with Gasteiger partial charge in [0.05, 0.1) is 29.7 Å². The predicted octanol–water partition coefficient (Wildman–Crippen LogP) is 2.95. The number of hydrogen-bond donors (Lipinski definition) is 0. The number of carbonyl (C=O) groups excluding carboxylic acids is 1. The molecule has 2 saturated heterocycles. The van der Waals surface area contributed by atoms with Gasteiger partial charge in [-0.1, -0.05) is 36.4 Å². The summed E-state index contributed by atoms with van der Waals surface area (Å²) in [7, 11) is 0. The lowest BCUT2D eigenvalue weighted by molar-refractivity contribution is -0.136. The Morgan fingerprint density at radius 2 is 1.77 bits per heavy atom. The SMILES string of the molecule is O=C1N(Cc2ccccn2)CCC12CCN(Cc1cncn1Cc1ccccc1)C2. The molecule has 1 atom stereocenters. The second-order valence-corrected chi connectivity index (χ2v) is 8.54. The zero-order valence-corrected chi connectivity index (χ0v) is 17.2. The lowest BCUT2D eigenvalue weighted by Crippen LogP contribution is -2.36. The quantitative estimate of drug-likeness (QED) is 0.637. The third-order valence-corrected chi connectivity index (χ3v) is 6.49. The highest BCUT2D eigenvalue weighted by Crippen LogP contribution is 2.41. The molecule has 6 nitrogen and oxygen atoms in total. The molecule has 2 aliphatic heterocycles. The molecule has 2 aliphatic rings. The van der Waals surface area contributed by atoms with Gasteiger partial charge in [-0.2, -0.15) is 0 Å². The van der Waals surface area contributed by atoms with Crippen LogP contribution in [0, 0.1) is 5.41 Å². The monoisotopic (exact) mass is 401 g/mol. The summed E-state index contributed by atoms with van der Waals surface area (Å²) in [5.41, 5.74) is 3.21. The summed E-state index contributed by atoms with van der Waals surface area (Å²) in [6.45, 7) is 4.90. The highest BCUT2D eigenvalue weighted by atomic mass is 16.2. The number of likely N-dealkylation sites (tertiary alicyclic amines) is 2. The van der Waals surface area contributed by atoms with Gasteiger partial charge in [0.2, 0.25) is 5.91 Å². The maximum absolute atomic E-state index is 13.2. The molecule has 1 aromatic carbocycles. The molecule has 1 amide bonds. The van der Waals surface area contributed by atoms with E-state index in [4.69, 9.17) is 0 Å². The van der Waals surface area contributed by atoms with Gasteiger partial charge in [-0.05, 0) is 37.1 Å². The van der Waals surface area contributed by atoms with Crippen LogP contribution in [-0.4, -0.2) is 49.9 Å². The number of carbonyl (C=O) groups is 1. The Morgan fingerprint density at radius 1 is 0.933 bits per heavy atom. The molecule has 0 saturated carbocycles. The minimum Gasteiger partial charge on any atom is -0.336 e. The van der Waals surface area contributed by atoms with Crippen molar-refractivity contribution in [2.24, 2.45) is 5.41 Å². The molecule has 4 heterocycles. The third kappa shape index (κ3) is 3.75. The van der Waals surface area contributed by atoms with Gasteiger partial charge in [-0.25, -0.2) is 4.98 Å². The van der Waals surface area contributed by atoms with Gasteiger partial charge in [0.25, 0.3) is 0 Å². The van der Waals surface area contributed by atoms with Crippen LogP contribution in [0.2, 0.25) is 0 Å². The topological polar surface area (TPSA) is 54.3 Å². The fourth-order valence-corrected chi connectivity index (χ4v) is 4.83. The van der Waals surface area contributed by atoms with E-state index in [9.17, 15) is 4.79 Å². The molecule has 2 aromatic heterocycles. The smallest absolute Gasteiger partial charge is 0.230 e. The lowest BCUT2D eigenvalue weighted by Gasteiger charge is -2.24. The first-order chi connectivity index (χ1) is 14.7. The second kappa shape index (κ2) is 8.03. The van der Waals surface area contributed by atoms with Crippen LogP contribution in [0.3, 0.4) is 0 Å². The van der Waals surface area contributed by atoms with Gasteiger partial charge >= 0.3 is 0 Å². The Balaban J connectivity index is 1.23. The van der Waals surface area contributed by atoms with Crippen molar-refractivity contribution in [2.45, 2.75) is 32.5 Å². The van der Waals surface area contributed by atoms with Crippen molar-refractivity contribution in [1.29, 1.82) is 0 Å². The highest BCUT2D eigenvalue weighted by molar-refractivity contribution is 5.85. The summed E-state index contributed by atoms with van der Waals surface area (Å²) < 4.78 is 2.21. The Kier molecular flexibility index (Phi) is 5.09. The summed E-state index contributed by atoms with van der Waals surface area (Å²) in [6, 6.07) is 16.3. The van der Waals surface area contributed by atoms with Crippen molar-refractivity contribution in [3.63, 3.8) is 0 Å². The van der Waals surface area contributed by atoms with Crippen molar-refractivity contribution in [3.05, 3.63) is 84.2 Å². The maximum atomic E-state index is 13.2. The standard InChI is InChI=1S/C24H27N5O/c30-23-24(10-13-28(23)16-21-8-4-5-11-26-21)9-12-27(18-24)17-22-14-25-19-29(22)15-20-6-2-1-3-7-20/h1-8,11,14,19H,9-10,12-13,15-18H2. The van der Waals surface area contributed by atoms with Crippen molar-refractivity contribution < 1.29 is 4.79 Å². The number of pyridine rings is 1. The molecule has 1 unspecified atom stereocenters. The molecule has 30 heavy (non-hydrogen) atoms. The molecular weight excluding hydrogens is 374 g/mol. The molecule has 0 bridgehead atoms. The van der Waals surface area contributed by atoms with E-state index >= 15 is 0 Å². The van der Waals surface area contributed by atoms with Gasteiger partial charge in [-0.3, -0.25) is 14.7 Å². The minimum absolute atomic E-state index is 0.223. The fourth-order valence-electron chi connectivity index (χ4n) is 4.83. The van der Waals surface area contributed by atoms with Gasteiger partial charge in [-0.15, -0.1) is 0 Å². The third-order valence-electron chi connectivity index (χ3n) is 6.49. The Hall–Kier alpha value is -2.99. The average Bonchev–Trinajstić information content (AvgIpc) is 3.47. The van der Waals surface area contributed by atoms with E-state index in [-0.39, 0.29) is 5.41 Å². The minimum atomic E-state index is -0.223. The number of nitrogens with zero attached hydrogens (tertiary/aromatic N) is 5. The van der Waals surface area contributed by atoms with Gasteiger partial charge < -0.3 is 9.47 Å². The maximum Gasteiger partial charge on any atom is 0.230 e. The molecule has 0 aliphatic carbocycles. The molecule has 1 spiro atoms. The number of rotatable bonds is 6. The summed E-state index contributed by atoms with van der Waals surface area (Å²) in [5, 5.41) is 0. The van der Waals surface area contributed by atoms with E-state index in [0.29, 0.717) is 12.5 Å². The van der Waals surface area contributed by atoms with E-state index in [1.54, 1.807) is 6.20 Å². The van der Waals surface area contributed by atoms with Crippen LogP contribution < -0.4 is 0 Å². The first kappa shape index (κ1) is 19.0. The summed E-state index contributed by atoms with van der Waals surface area (Å²) in [6.07, 6.45) is 7.54.